The monoisotopic (exact) mass is 479 g/mol. The van der Waals surface area contributed by atoms with Gasteiger partial charge >= 0.3 is 12.1 Å². The normalized spacial score (nSPS) is 14.6. The summed E-state index contributed by atoms with van der Waals surface area (Å²) in [7, 11) is 0. The minimum Gasteiger partial charge on any atom is -0.459 e. The summed E-state index contributed by atoms with van der Waals surface area (Å²) < 4.78 is 38.9. The third kappa shape index (κ3) is 7.47. The van der Waals surface area contributed by atoms with Gasteiger partial charge in [-0.3, -0.25) is 5.32 Å². The second-order valence-corrected chi connectivity index (χ2v) is 8.97. The number of carbonyl (C=O) groups is 2. The summed E-state index contributed by atoms with van der Waals surface area (Å²) in [4.78, 5) is 24.7. The molecule has 2 rings (SSSR count). The highest BCUT2D eigenvalue weighted by molar-refractivity contribution is 5.85. The van der Waals surface area contributed by atoms with Crippen LogP contribution in [0.15, 0.2) is 54.6 Å². The minimum atomic E-state index is -3.83. The zero-order chi connectivity index (χ0) is 25.6. The maximum absolute atomic E-state index is 14.3. The number of aliphatic hydroxyl groups excluding tert-OH is 1. The summed E-state index contributed by atoms with van der Waals surface area (Å²) in [6, 6.07) is 14.5. The number of nitrogens with one attached hydrogen (secondary N) is 1. The van der Waals surface area contributed by atoms with Crippen molar-refractivity contribution in [1.29, 1.82) is 0 Å². The van der Waals surface area contributed by atoms with Gasteiger partial charge in [0.2, 0.25) is 0 Å². The molecule has 0 saturated heterocycles. The molecule has 0 aliphatic heterocycles. The molecule has 0 saturated carbocycles. The topological polar surface area (TPSA) is 137 Å². The SMILES string of the molecule is CC(C)(C)OC(=O)Nc1ccc(CC(N)(C(=O)OCc2ccccc2)C(O)C(F)(F)CN)cc1. The fraction of sp³-hybridized carbons (Fsp3) is 0.417. The predicted molar refractivity (Wildman–Crippen MR) is 123 cm³/mol. The Morgan fingerprint density at radius 2 is 1.62 bits per heavy atom. The molecule has 0 radical (unpaired) electrons. The molecular formula is C24H31F2N3O5. The average molecular weight is 480 g/mol. The number of hydrogen-bond acceptors (Lipinski definition) is 7. The summed E-state index contributed by atoms with van der Waals surface area (Å²) in [6.07, 6.45) is -3.74. The van der Waals surface area contributed by atoms with E-state index in [-0.39, 0.29) is 6.61 Å². The molecule has 8 nitrogen and oxygen atoms in total. The van der Waals surface area contributed by atoms with Gasteiger partial charge in [-0.05, 0) is 44.0 Å². The van der Waals surface area contributed by atoms with Crippen molar-refractivity contribution in [2.75, 3.05) is 11.9 Å². The Balaban J connectivity index is 2.20. The molecule has 0 aromatic heterocycles. The number of aliphatic hydroxyl groups is 1. The molecule has 0 heterocycles. The second-order valence-electron chi connectivity index (χ2n) is 8.97. The maximum Gasteiger partial charge on any atom is 0.412 e. The van der Waals surface area contributed by atoms with E-state index >= 15 is 0 Å². The third-order valence-corrected chi connectivity index (χ3v) is 4.85. The molecule has 0 aliphatic rings. The van der Waals surface area contributed by atoms with Crippen molar-refractivity contribution in [1.82, 2.24) is 0 Å². The number of rotatable bonds is 9. The lowest BCUT2D eigenvalue weighted by atomic mass is 9.83. The van der Waals surface area contributed by atoms with Gasteiger partial charge in [0.25, 0.3) is 5.92 Å². The molecule has 34 heavy (non-hydrogen) atoms. The van der Waals surface area contributed by atoms with E-state index in [4.69, 9.17) is 20.9 Å². The smallest absolute Gasteiger partial charge is 0.412 e. The van der Waals surface area contributed by atoms with Gasteiger partial charge in [0.15, 0.2) is 5.54 Å². The lowest BCUT2D eigenvalue weighted by Crippen LogP contribution is -2.66. The van der Waals surface area contributed by atoms with Crippen LogP contribution in [0.4, 0.5) is 19.3 Å². The first-order chi connectivity index (χ1) is 15.8. The van der Waals surface area contributed by atoms with Crippen LogP contribution in [-0.4, -0.2) is 46.9 Å². The highest BCUT2D eigenvalue weighted by Crippen LogP contribution is 2.29. The van der Waals surface area contributed by atoms with E-state index in [0.29, 0.717) is 16.8 Å². The van der Waals surface area contributed by atoms with Crippen molar-refractivity contribution in [3.63, 3.8) is 0 Å². The molecule has 0 fully saturated rings. The third-order valence-electron chi connectivity index (χ3n) is 4.85. The van der Waals surface area contributed by atoms with Crippen LogP contribution in [0.3, 0.4) is 0 Å². The summed E-state index contributed by atoms with van der Waals surface area (Å²) in [5, 5.41) is 12.9. The van der Waals surface area contributed by atoms with E-state index in [1.165, 1.54) is 24.3 Å². The molecule has 1 amide bonds. The minimum absolute atomic E-state index is 0.210. The molecule has 0 aliphatic carbocycles. The van der Waals surface area contributed by atoms with Crippen molar-refractivity contribution in [2.24, 2.45) is 11.5 Å². The quantitative estimate of drug-likeness (QED) is 0.406. The fourth-order valence-electron chi connectivity index (χ4n) is 3.09. The summed E-state index contributed by atoms with van der Waals surface area (Å²) in [5.41, 5.74) is 9.35. The van der Waals surface area contributed by atoms with Crippen LogP contribution in [0, 0.1) is 0 Å². The highest BCUT2D eigenvalue weighted by atomic mass is 19.3. The van der Waals surface area contributed by atoms with Crippen LogP contribution >= 0.6 is 0 Å². The van der Waals surface area contributed by atoms with Gasteiger partial charge in [-0.2, -0.15) is 0 Å². The number of anilines is 1. The number of esters is 1. The summed E-state index contributed by atoms with van der Waals surface area (Å²) in [6.45, 7) is 3.73. The molecule has 2 unspecified atom stereocenters. The summed E-state index contributed by atoms with van der Waals surface area (Å²) in [5.74, 6) is -5.04. The van der Waals surface area contributed by atoms with Crippen LogP contribution in [0.1, 0.15) is 31.9 Å². The van der Waals surface area contributed by atoms with Crippen LogP contribution in [-0.2, 0) is 27.3 Å². The van der Waals surface area contributed by atoms with E-state index in [9.17, 15) is 23.5 Å². The van der Waals surface area contributed by atoms with Crippen molar-refractivity contribution in [3.05, 3.63) is 65.7 Å². The molecular weight excluding hydrogens is 448 g/mol. The van der Waals surface area contributed by atoms with Crippen LogP contribution in [0.2, 0.25) is 0 Å². The number of amides is 1. The van der Waals surface area contributed by atoms with Gasteiger partial charge in [-0.25, -0.2) is 18.4 Å². The molecule has 2 aromatic carbocycles. The average Bonchev–Trinajstić information content (AvgIpc) is 2.77. The Kier molecular flexibility index (Phi) is 8.71. The first-order valence-electron chi connectivity index (χ1n) is 10.6. The van der Waals surface area contributed by atoms with Crippen LogP contribution < -0.4 is 16.8 Å². The second kappa shape index (κ2) is 10.9. The van der Waals surface area contributed by atoms with Gasteiger partial charge < -0.3 is 26.0 Å². The number of hydrogen-bond donors (Lipinski definition) is 4. The molecule has 2 atom stereocenters. The Labute approximate surface area is 197 Å². The van der Waals surface area contributed by atoms with Crippen molar-refractivity contribution >= 4 is 17.7 Å². The molecule has 10 heteroatoms. The highest BCUT2D eigenvalue weighted by Gasteiger charge is 2.54. The van der Waals surface area contributed by atoms with Crippen molar-refractivity contribution < 1.29 is 33.0 Å². The number of carbonyl (C=O) groups excluding carboxylic acids is 2. The van der Waals surface area contributed by atoms with Gasteiger partial charge in [-0.15, -0.1) is 0 Å². The van der Waals surface area contributed by atoms with E-state index in [1.54, 1.807) is 51.1 Å². The Bertz CT molecular complexity index is 965. The zero-order valence-corrected chi connectivity index (χ0v) is 19.4. The van der Waals surface area contributed by atoms with E-state index in [2.05, 4.69) is 5.32 Å². The van der Waals surface area contributed by atoms with Gasteiger partial charge in [0.05, 0.1) is 6.54 Å². The number of alkyl halides is 2. The standard InChI is InChI=1S/C24H31F2N3O5/c1-22(2,3)34-21(32)29-18-11-9-16(10-12-18)13-23(28,19(30)24(25,26)15-27)20(31)33-14-17-7-5-4-6-8-17/h4-12,19,30H,13-15,27-28H2,1-3H3,(H,29,32). The number of ether oxygens (including phenoxy) is 2. The largest absolute Gasteiger partial charge is 0.459 e. The van der Waals surface area contributed by atoms with Crippen molar-refractivity contribution in [3.8, 4) is 0 Å². The number of nitrogens with two attached hydrogens (primary N) is 2. The fourth-order valence-corrected chi connectivity index (χ4v) is 3.09. The molecule has 2 aromatic rings. The van der Waals surface area contributed by atoms with Crippen LogP contribution in [0.25, 0.3) is 0 Å². The Morgan fingerprint density at radius 1 is 1.03 bits per heavy atom. The summed E-state index contributed by atoms with van der Waals surface area (Å²) >= 11 is 0. The molecule has 186 valence electrons. The first kappa shape index (κ1) is 27.2. The van der Waals surface area contributed by atoms with Gasteiger partial charge in [-0.1, -0.05) is 42.5 Å². The molecule has 0 bridgehead atoms. The first-order valence-corrected chi connectivity index (χ1v) is 10.6. The number of halogens is 2. The van der Waals surface area contributed by atoms with E-state index < -0.39 is 48.2 Å². The lowest BCUT2D eigenvalue weighted by molar-refractivity contribution is -0.174. The zero-order valence-electron chi connectivity index (χ0n) is 19.4. The van der Waals surface area contributed by atoms with Crippen molar-refractivity contribution in [2.45, 2.75) is 57.0 Å². The predicted octanol–water partition coefficient (Wildman–Crippen LogP) is 2.97. The van der Waals surface area contributed by atoms with E-state index in [0.717, 1.165) is 0 Å². The van der Waals surface area contributed by atoms with Gasteiger partial charge in [0.1, 0.15) is 18.3 Å². The maximum atomic E-state index is 14.3. The van der Waals surface area contributed by atoms with Crippen LogP contribution in [0.5, 0.6) is 0 Å². The van der Waals surface area contributed by atoms with E-state index in [1.807, 2.05) is 0 Å². The molecule has 0 spiro atoms. The lowest BCUT2D eigenvalue weighted by Gasteiger charge is -2.36. The molecule has 6 N–H and O–H groups in total. The Hall–Kier alpha value is -3.08. The van der Waals surface area contributed by atoms with Gasteiger partial charge in [0, 0.05) is 12.1 Å². The number of benzene rings is 2. The Morgan fingerprint density at radius 3 is 2.15 bits per heavy atom.